The number of rotatable bonds is 4. The van der Waals surface area contributed by atoms with Crippen LogP contribution in [0.5, 0.6) is 0 Å². The van der Waals surface area contributed by atoms with E-state index in [9.17, 15) is 0 Å². The van der Waals surface area contributed by atoms with Gasteiger partial charge in [-0.3, -0.25) is 4.90 Å². The lowest BCUT2D eigenvalue weighted by Crippen LogP contribution is -2.62. The summed E-state index contributed by atoms with van der Waals surface area (Å²) >= 11 is 0. The highest BCUT2D eigenvalue weighted by Gasteiger charge is 2.32. The largest absolute Gasteiger partial charge is 0.309 e. The maximum Gasteiger partial charge on any atom is 0.0278 e. The number of hydrogen-bond donors (Lipinski definition) is 1. The molecule has 1 aliphatic heterocycles. The van der Waals surface area contributed by atoms with Gasteiger partial charge in [-0.1, -0.05) is 25.5 Å². The highest BCUT2D eigenvalue weighted by Crippen LogP contribution is 2.20. The van der Waals surface area contributed by atoms with Crippen molar-refractivity contribution in [3.05, 3.63) is 11.6 Å². The molecule has 0 amide bonds. The zero-order valence-corrected chi connectivity index (χ0v) is 11.6. The molecule has 0 spiro atoms. The third-order valence-electron chi connectivity index (χ3n) is 3.82. The average Bonchev–Trinajstić information content (AvgIpc) is 2.26. The highest BCUT2D eigenvalue weighted by atomic mass is 15.2. The maximum atomic E-state index is 3.70. The van der Waals surface area contributed by atoms with Crippen molar-refractivity contribution in [3.63, 3.8) is 0 Å². The summed E-state index contributed by atoms with van der Waals surface area (Å²) in [5, 5.41) is 3.70. The summed E-state index contributed by atoms with van der Waals surface area (Å²) in [5.41, 5.74) is 1.73. The van der Waals surface area contributed by atoms with Gasteiger partial charge in [0.05, 0.1) is 0 Å². The van der Waals surface area contributed by atoms with Crippen molar-refractivity contribution in [1.29, 1.82) is 0 Å². The zero-order valence-electron chi connectivity index (χ0n) is 11.6. The standard InChI is InChI=1S/C14H28N2/c1-6-13-10-15-14(5,7-2)11-16(13)9-8-12(3)4/h8,13,15H,6-7,9-11H2,1-5H3. The molecule has 1 aliphatic rings. The van der Waals surface area contributed by atoms with Crippen LogP contribution in [0.25, 0.3) is 0 Å². The number of nitrogens with one attached hydrogen (secondary N) is 1. The lowest BCUT2D eigenvalue weighted by molar-refractivity contribution is 0.0931. The fourth-order valence-corrected chi connectivity index (χ4v) is 2.28. The number of nitrogens with zero attached hydrogens (tertiary/aromatic N) is 1. The van der Waals surface area contributed by atoms with E-state index in [-0.39, 0.29) is 0 Å². The normalized spacial score (nSPS) is 31.4. The predicted octanol–water partition coefficient (Wildman–Crippen LogP) is 2.81. The van der Waals surface area contributed by atoms with E-state index in [0.29, 0.717) is 11.6 Å². The van der Waals surface area contributed by atoms with Gasteiger partial charge < -0.3 is 5.32 Å². The van der Waals surface area contributed by atoms with Crippen LogP contribution in [0.2, 0.25) is 0 Å². The van der Waals surface area contributed by atoms with Gasteiger partial charge in [0, 0.05) is 31.2 Å². The Labute approximate surface area is 101 Å². The molecule has 0 aliphatic carbocycles. The van der Waals surface area contributed by atoms with Gasteiger partial charge in [-0.05, 0) is 33.6 Å². The van der Waals surface area contributed by atoms with Crippen molar-refractivity contribution in [3.8, 4) is 0 Å². The van der Waals surface area contributed by atoms with Crippen LogP contribution in [0.15, 0.2) is 11.6 Å². The topological polar surface area (TPSA) is 15.3 Å². The van der Waals surface area contributed by atoms with Crippen LogP contribution in [0.1, 0.15) is 47.5 Å². The second-order valence-electron chi connectivity index (χ2n) is 5.57. The van der Waals surface area contributed by atoms with Crippen molar-refractivity contribution in [1.82, 2.24) is 10.2 Å². The molecule has 1 rings (SSSR count). The van der Waals surface area contributed by atoms with Crippen LogP contribution in [0.3, 0.4) is 0 Å². The van der Waals surface area contributed by atoms with Gasteiger partial charge in [-0.25, -0.2) is 0 Å². The highest BCUT2D eigenvalue weighted by molar-refractivity contribution is 5.00. The van der Waals surface area contributed by atoms with E-state index in [4.69, 9.17) is 0 Å². The van der Waals surface area contributed by atoms with E-state index in [2.05, 4.69) is 50.9 Å². The molecular formula is C14H28N2. The van der Waals surface area contributed by atoms with Crippen LogP contribution in [0.4, 0.5) is 0 Å². The van der Waals surface area contributed by atoms with Gasteiger partial charge in [0.1, 0.15) is 0 Å². The molecule has 94 valence electrons. The molecule has 1 N–H and O–H groups in total. The molecule has 16 heavy (non-hydrogen) atoms. The summed E-state index contributed by atoms with van der Waals surface area (Å²) in [7, 11) is 0. The van der Waals surface area contributed by atoms with Crippen LogP contribution in [0, 0.1) is 0 Å². The van der Waals surface area contributed by atoms with Crippen molar-refractivity contribution < 1.29 is 0 Å². The first kappa shape index (κ1) is 13.7. The quantitative estimate of drug-likeness (QED) is 0.739. The molecule has 2 atom stereocenters. The van der Waals surface area contributed by atoms with Crippen LogP contribution >= 0.6 is 0 Å². The Kier molecular flexibility index (Phi) is 5.00. The summed E-state index contributed by atoms with van der Waals surface area (Å²) < 4.78 is 0. The molecule has 1 heterocycles. The Morgan fingerprint density at radius 2 is 2.12 bits per heavy atom. The summed E-state index contributed by atoms with van der Waals surface area (Å²) in [6.07, 6.45) is 4.79. The van der Waals surface area contributed by atoms with Crippen molar-refractivity contribution >= 4 is 0 Å². The Bertz CT molecular complexity index is 243. The molecule has 0 saturated carbocycles. The van der Waals surface area contributed by atoms with Crippen molar-refractivity contribution in [2.24, 2.45) is 0 Å². The molecule has 2 nitrogen and oxygen atoms in total. The first-order valence-electron chi connectivity index (χ1n) is 6.63. The predicted molar refractivity (Wildman–Crippen MR) is 71.8 cm³/mol. The maximum absolute atomic E-state index is 3.70. The minimum atomic E-state index is 0.307. The minimum absolute atomic E-state index is 0.307. The molecule has 0 aromatic rings. The van der Waals surface area contributed by atoms with Gasteiger partial charge in [0.25, 0.3) is 0 Å². The van der Waals surface area contributed by atoms with Crippen LogP contribution in [-0.4, -0.2) is 36.1 Å². The monoisotopic (exact) mass is 224 g/mol. The van der Waals surface area contributed by atoms with Gasteiger partial charge in [0.15, 0.2) is 0 Å². The summed E-state index contributed by atoms with van der Waals surface area (Å²) in [6, 6.07) is 0.704. The second-order valence-corrected chi connectivity index (χ2v) is 5.57. The molecule has 2 heteroatoms. The Morgan fingerprint density at radius 3 is 2.62 bits per heavy atom. The SMILES string of the molecule is CCC1CNC(C)(CC)CN1CC=C(C)C. The smallest absolute Gasteiger partial charge is 0.0278 e. The average molecular weight is 224 g/mol. The van der Waals surface area contributed by atoms with Gasteiger partial charge in [-0.2, -0.15) is 0 Å². The number of piperazine rings is 1. The number of allylic oxidation sites excluding steroid dienone is 1. The lowest BCUT2D eigenvalue weighted by atomic mass is 9.93. The third-order valence-corrected chi connectivity index (χ3v) is 3.82. The Balaban J connectivity index is 2.64. The Hall–Kier alpha value is -0.340. The van der Waals surface area contributed by atoms with E-state index in [1.54, 1.807) is 0 Å². The fraction of sp³-hybridized carbons (Fsp3) is 0.857. The molecule has 1 saturated heterocycles. The molecule has 1 fully saturated rings. The molecule has 0 aromatic carbocycles. The summed E-state index contributed by atoms with van der Waals surface area (Å²) in [6.45, 7) is 14.7. The molecule has 2 unspecified atom stereocenters. The second kappa shape index (κ2) is 5.83. The van der Waals surface area contributed by atoms with Gasteiger partial charge >= 0.3 is 0 Å². The lowest BCUT2D eigenvalue weighted by Gasteiger charge is -2.45. The van der Waals surface area contributed by atoms with E-state index >= 15 is 0 Å². The summed E-state index contributed by atoms with van der Waals surface area (Å²) in [5.74, 6) is 0. The first-order chi connectivity index (χ1) is 7.50. The third kappa shape index (κ3) is 3.60. The van der Waals surface area contributed by atoms with Gasteiger partial charge in [0.2, 0.25) is 0 Å². The van der Waals surface area contributed by atoms with Crippen LogP contribution in [-0.2, 0) is 0 Å². The molecule has 0 radical (unpaired) electrons. The van der Waals surface area contributed by atoms with Crippen molar-refractivity contribution in [2.45, 2.75) is 59.0 Å². The van der Waals surface area contributed by atoms with Crippen LogP contribution < -0.4 is 5.32 Å². The Morgan fingerprint density at radius 1 is 1.44 bits per heavy atom. The summed E-state index contributed by atoms with van der Waals surface area (Å²) in [4.78, 5) is 2.63. The molecular weight excluding hydrogens is 196 g/mol. The van der Waals surface area contributed by atoms with E-state index < -0.39 is 0 Å². The van der Waals surface area contributed by atoms with E-state index in [1.807, 2.05) is 0 Å². The van der Waals surface area contributed by atoms with E-state index in [0.717, 1.165) is 13.1 Å². The van der Waals surface area contributed by atoms with E-state index in [1.165, 1.54) is 25.0 Å². The fourth-order valence-electron chi connectivity index (χ4n) is 2.28. The zero-order chi connectivity index (χ0) is 12.2. The first-order valence-corrected chi connectivity index (χ1v) is 6.63. The van der Waals surface area contributed by atoms with Crippen molar-refractivity contribution in [2.75, 3.05) is 19.6 Å². The van der Waals surface area contributed by atoms with Gasteiger partial charge in [-0.15, -0.1) is 0 Å². The molecule has 0 aromatic heterocycles. The number of hydrogen-bond acceptors (Lipinski definition) is 2. The minimum Gasteiger partial charge on any atom is -0.309 e. The molecule has 0 bridgehead atoms.